The van der Waals surface area contributed by atoms with Crippen LogP contribution < -0.4 is 5.32 Å². The van der Waals surface area contributed by atoms with Crippen LogP contribution in [0.1, 0.15) is 37.6 Å². The second kappa shape index (κ2) is 12.1. The maximum atomic E-state index is 13.7. The highest BCUT2D eigenvalue weighted by molar-refractivity contribution is 7.09. The monoisotopic (exact) mass is 516 g/mol. The molecule has 2 amide bonds. The van der Waals surface area contributed by atoms with Gasteiger partial charge in [0.15, 0.2) is 0 Å². The standard InChI is InChI=1S/C29H25FN2O4S/c30-21-13-11-20(12-14-21)19-32(16-15-27(33)34)29(36)26-10-4-2-8-24(26)23-7-1-3-9-25(23)28(35)31-18-22-6-5-17-37-22/h1-14,17H,15-16,18-19H2,(H,31,35)(H,33,34). The highest BCUT2D eigenvalue weighted by atomic mass is 32.1. The fraction of sp³-hybridized carbons (Fsp3) is 0.138. The van der Waals surface area contributed by atoms with Gasteiger partial charge in [-0.05, 0) is 52.4 Å². The predicted octanol–water partition coefficient (Wildman–Crippen LogP) is 5.60. The van der Waals surface area contributed by atoms with E-state index in [4.69, 9.17) is 0 Å². The number of carbonyl (C=O) groups excluding carboxylic acids is 2. The van der Waals surface area contributed by atoms with Crippen molar-refractivity contribution >= 4 is 29.1 Å². The van der Waals surface area contributed by atoms with Crippen molar-refractivity contribution in [2.24, 2.45) is 0 Å². The molecule has 0 unspecified atom stereocenters. The summed E-state index contributed by atoms with van der Waals surface area (Å²) in [7, 11) is 0. The molecule has 4 rings (SSSR count). The topological polar surface area (TPSA) is 86.7 Å². The van der Waals surface area contributed by atoms with Crippen molar-refractivity contribution in [3.05, 3.63) is 118 Å². The number of halogens is 1. The molecule has 0 aliphatic heterocycles. The summed E-state index contributed by atoms with van der Waals surface area (Å²) in [5.74, 6) is -2.07. The molecular formula is C29H25FN2O4S. The lowest BCUT2D eigenvalue weighted by molar-refractivity contribution is -0.137. The average Bonchev–Trinajstić information content (AvgIpc) is 3.44. The van der Waals surface area contributed by atoms with Gasteiger partial charge in [0.2, 0.25) is 0 Å². The van der Waals surface area contributed by atoms with Crippen molar-refractivity contribution in [3.63, 3.8) is 0 Å². The van der Waals surface area contributed by atoms with Crippen LogP contribution in [0.5, 0.6) is 0 Å². The third-order valence-corrected chi connectivity index (χ3v) is 6.67. The molecule has 2 N–H and O–H groups in total. The first-order chi connectivity index (χ1) is 17.9. The number of carbonyl (C=O) groups is 3. The molecule has 37 heavy (non-hydrogen) atoms. The molecule has 0 aliphatic carbocycles. The summed E-state index contributed by atoms with van der Waals surface area (Å²) >= 11 is 1.55. The maximum absolute atomic E-state index is 13.7. The van der Waals surface area contributed by atoms with Gasteiger partial charge in [-0.2, -0.15) is 0 Å². The summed E-state index contributed by atoms with van der Waals surface area (Å²) < 4.78 is 13.4. The SMILES string of the molecule is O=C(O)CCN(Cc1ccc(F)cc1)C(=O)c1ccccc1-c1ccccc1C(=O)NCc1cccs1. The molecule has 1 heterocycles. The van der Waals surface area contributed by atoms with Gasteiger partial charge in [-0.3, -0.25) is 14.4 Å². The molecule has 0 fully saturated rings. The Kier molecular flexibility index (Phi) is 8.43. The molecule has 0 atom stereocenters. The fourth-order valence-electron chi connectivity index (χ4n) is 3.96. The lowest BCUT2D eigenvalue weighted by Crippen LogP contribution is -2.33. The number of rotatable bonds is 10. The van der Waals surface area contributed by atoms with Crippen LogP contribution >= 0.6 is 11.3 Å². The van der Waals surface area contributed by atoms with E-state index in [9.17, 15) is 23.9 Å². The lowest BCUT2D eigenvalue weighted by atomic mass is 9.94. The molecule has 0 aliphatic rings. The van der Waals surface area contributed by atoms with Gasteiger partial charge in [0.1, 0.15) is 5.82 Å². The van der Waals surface area contributed by atoms with Gasteiger partial charge < -0.3 is 15.3 Å². The van der Waals surface area contributed by atoms with Crippen LogP contribution in [0.15, 0.2) is 90.3 Å². The van der Waals surface area contributed by atoms with Crippen LogP contribution in [0.4, 0.5) is 4.39 Å². The molecule has 8 heteroatoms. The van der Waals surface area contributed by atoms with Gasteiger partial charge in [0, 0.05) is 29.1 Å². The fourth-order valence-corrected chi connectivity index (χ4v) is 4.60. The highest BCUT2D eigenvalue weighted by Crippen LogP contribution is 2.29. The summed E-state index contributed by atoms with van der Waals surface area (Å²) in [5.41, 5.74) is 2.60. The van der Waals surface area contributed by atoms with Crippen LogP contribution in [0.3, 0.4) is 0 Å². The van der Waals surface area contributed by atoms with Crippen LogP contribution in [-0.2, 0) is 17.9 Å². The minimum absolute atomic E-state index is 0.0250. The Labute approximate surface area is 218 Å². The Balaban J connectivity index is 1.65. The molecular weight excluding hydrogens is 491 g/mol. The smallest absolute Gasteiger partial charge is 0.305 e. The van der Waals surface area contributed by atoms with Crippen molar-refractivity contribution < 1.29 is 23.9 Å². The van der Waals surface area contributed by atoms with Gasteiger partial charge in [-0.1, -0.05) is 54.6 Å². The minimum Gasteiger partial charge on any atom is -0.481 e. The van der Waals surface area contributed by atoms with Gasteiger partial charge >= 0.3 is 5.97 Å². The number of nitrogens with zero attached hydrogens (tertiary/aromatic N) is 1. The molecule has 6 nitrogen and oxygen atoms in total. The van der Waals surface area contributed by atoms with E-state index in [1.165, 1.54) is 17.0 Å². The van der Waals surface area contributed by atoms with Crippen molar-refractivity contribution in [3.8, 4) is 11.1 Å². The van der Waals surface area contributed by atoms with E-state index in [0.29, 0.717) is 34.4 Å². The quantitative estimate of drug-likeness (QED) is 0.287. The molecule has 0 radical (unpaired) electrons. The number of carboxylic acid groups (broad SMARTS) is 1. The molecule has 0 bridgehead atoms. The second-order valence-electron chi connectivity index (χ2n) is 8.35. The number of aliphatic carboxylic acids is 1. The van der Waals surface area contributed by atoms with Gasteiger partial charge in [0.05, 0.1) is 13.0 Å². The maximum Gasteiger partial charge on any atom is 0.305 e. The molecule has 1 aromatic heterocycles. The van der Waals surface area contributed by atoms with E-state index in [0.717, 1.165) is 4.88 Å². The largest absolute Gasteiger partial charge is 0.481 e. The lowest BCUT2D eigenvalue weighted by Gasteiger charge is -2.24. The summed E-state index contributed by atoms with van der Waals surface area (Å²) in [6, 6.07) is 23.6. The van der Waals surface area contributed by atoms with Crippen molar-refractivity contribution in [1.82, 2.24) is 10.2 Å². The number of thiophene rings is 1. The first-order valence-electron chi connectivity index (χ1n) is 11.7. The number of hydrogen-bond donors (Lipinski definition) is 2. The van der Waals surface area contributed by atoms with Crippen LogP contribution in [0, 0.1) is 5.82 Å². The average molecular weight is 517 g/mol. The van der Waals surface area contributed by atoms with E-state index in [-0.39, 0.29) is 31.3 Å². The highest BCUT2D eigenvalue weighted by Gasteiger charge is 2.23. The second-order valence-corrected chi connectivity index (χ2v) is 9.38. The van der Waals surface area contributed by atoms with E-state index >= 15 is 0 Å². The number of carboxylic acids is 1. The molecule has 188 valence electrons. The normalized spacial score (nSPS) is 10.6. The number of nitrogens with one attached hydrogen (secondary N) is 1. The minimum atomic E-state index is -1.03. The van der Waals surface area contributed by atoms with E-state index in [2.05, 4.69) is 5.32 Å². The zero-order valence-corrected chi connectivity index (χ0v) is 20.7. The zero-order valence-electron chi connectivity index (χ0n) is 19.9. The molecule has 0 saturated carbocycles. The van der Waals surface area contributed by atoms with Crippen molar-refractivity contribution in [2.75, 3.05) is 6.54 Å². The van der Waals surface area contributed by atoms with Crippen LogP contribution in [-0.4, -0.2) is 34.3 Å². The summed E-state index contributed by atoms with van der Waals surface area (Å²) in [4.78, 5) is 40.6. The van der Waals surface area contributed by atoms with Crippen molar-refractivity contribution in [1.29, 1.82) is 0 Å². The van der Waals surface area contributed by atoms with Crippen molar-refractivity contribution in [2.45, 2.75) is 19.5 Å². The first kappa shape index (κ1) is 25.8. The van der Waals surface area contributed by atoms with E-state index < -0.39 is 11.8 Å². The first-order valence-corrected chi connectivity index (χ1v) is 12.5. The number of benzene rings is 3. The number of amides is 2. The van der Waals surface area contributed by atoms with E-state index in [1.54, 1.807) is 72.0 Å². The predicted molar refractivity (Wildman–Crippen MR) is 141 cm³/mol. The number of hydrogen-bond acceptors (Lipinski definition) is 4. The molecule has 0 saturated heterocycles. The van der Waals surface area contributed by atoms with Gasteiger partial charge in [-0.15, -0.1) is 11.3 Å². The van der Waals surface area contributed by atoms with Gasteiger partial charge in [0.25, 0.3) is 11.8 Å². The van der Waals surface area contributed by atoms with E-state index in [1.807, 2.05) is 17.5 Å². The Morgan fingerprint density at radius 1 is 0.838 bits per heavy atom. The molecule has 4 aromatic rings. The Morgan fingerprint density at radius 3 is 2.14 bits per heavy atom. The molecule has 3 aromatic carbocycles. The summed E-state index contributed by atoms with van der Waals surface area (Å²) in [6.07, 6.45) is -0.239. The summed E-state index contributed by atoms with van der Waals surface area (Å²) in [6.45, 7) is 0.485. The zero-order chi connectivity index (χ0) is 26.2. The van der Waals surface area contributed by atoms with Gasteiger partial charge in [-0.25, -0.2) is 4.39 Å². The molecule has 0 spiro atoms. The third-order valence-electron chi connectivity index (χ3n) is 5.79. The summed E-state index contributed by atoms with van der Waals surface area (Å²) in [5, 5.41) is 14.1. The Morgan fingerprint density at radius 2 is 1.49 bits per heavy atom. The van der Waals surface area contributed by atoms with Crippen LogP contribution in [0.2, 0.25) is 0 Å². The Hall–Kier alpha value is -4.30. The Bertz CT molecular complexity index is 1390. The third kappa shape index (κ3) is 6.68. The van der Waals surface area contributed by atoms with Crippen LogP contribution in [0.25, 0.3) is 11.1 Å².